The number of nitrogens with two attached hydrogens (primary N) is 2. The third-order valence-corrected chi connectivity index (χ3v) is 0.406. The maximum atomic E-state index is 9.09. The number of thiol groups is 2. The highest BCUT2D eigenvalue weighted by atomic mass is 32.1. The van der Waals surface area contributed by atoms with Crippen molar-refractivity contribution in [2.45, 2.75) is 7.43 Å². The molecule has 110 valence electrons. The fourth-order valence-electron chi connectivity index (χ4n) is 0.215. The Morgan fingerprint density at radius 1 is 1.22 bits per heavy atom. The van der Waals surface area contributed by atoms with Crippen LogP contribution in [0.25, 0.3) is 0 Å². The first kappa shape index (κ1) is 30.1. The number of primary amides is 2. The van der Waals surface area contributed by atoms with Gasteiger partial charge in [0.05, 0.1) is 0 Å². The van der Waals surface area contributed by atoms with E-state index < -0.39 is 10.5 Å². The Morgan fingerprint density at radius 2 is 1.50 bits per heavy atom. The van der Waals surface area contributed by atoms with Crippen LogP contribution < -0.4 is 22.9 Å². The van der Waals surface area contributed by atoms with Gasteiger partial charge in [-0.15, -0.1) is 0 Å². The molecule has 0 radical (unpaired) electrons. The van der Waals surface area contributed by atoms with Gasteiger partial charge >= 0.3 is 0 Å². The summed E-state index contributed by atoms with van der Waals surface area (Å²) in [5.41, 5.74) is 8.67. The number of amides is 2. The zero-order valence-electron chi connectivity index (χ0n) is 9.75. The number of hydrogen-bond donors (Lipinski definition) is 7. The lowest BCUT2D eigenvalue weighted by Gasteiger charge is -1.59. The summed E-state index contributed by atoms with van der Waals surface area (Å²) in [5.74, 6) is 0. The van der Waals surface area contributed by atoms with Crippen molar-refractivity contribution >= 4 is 35.7 Å². The van der Waals surface area contributed by atoms with E-state index in [1.807, 2.05) is 20.2 Å². The molecule has 0 spiro atoms. The minimum atomic E-state index is -0.639. The van der Waals surface area contributed by atoms with Crippen LogP contribution in [0.1, 0.15) is 7.43 Å². The van der Waals surface area contributed by atoms with Gasteiger partial charge in [-0.2, -0.15) is 5.10 Å². The van der Waals surface area contributed by atoms with Gasteiger partial charge in [-0.05, 0) is 20.2 Å². The highest BCUT2D eigenvalue weighted by Gasteiger charge is 1.63. The van der Waals surface area contributed by atoms with Gasteiger partial charge in [0.2, 0.25) is 0 Å². The SMILES string of the molecule is C.CNC.N.NC(=O)S.NC(=O)S.c1cn[nH]c1. The molecule has 0 fully saturated rings. The molecule has 0 bridgehead atoms. The smallest absolute Gasteiger partial charge is 0.273 e. The number of carbonyl (C=O) groups excluding carboxylic acids is 2. The number of aromatic nitrogens is 2. The lowest BCUT2D eigenvalue weighted by Crippen LogP contribution is -1.95. The van der Waals surface area contributed by atoms with Crippen LogP contribution in [0, 0.1) is 0 Å². The monoisotopic (exact) mass is 300 g/mol. The van der Waals surface area contributed by atoms with Crippen molar-refractivity contribution in [1.82, 2.24) is 21.7 Å². The van der Waals surface area contributed by atoms with E-state index in [9.17, 15) is 0 Å². The largest absolute Gasteiger partial charge is 0.361 e. The number of aromatic amines is 1. The fraction of sp³-hybridized carbons (Fsp3) is 0.375. The average molecular weight is 300 g/mol. The van der Waals surface area contributed by atoms with Crippen LogP contribution in [0.15, 0.2) is 18.5 Å². The molecule has 1 aromatic rings. The molecule has 0 atom stereocenters. The molecule has 8 nitrogen and oxygen atoms in total. The summed E-state index contributed by atoms with van der Waals surface area (Å²) in [6.45, 7) is 0. The second-order valence-corrected chi connectivity index (χ2v) is 2.82. The number of nitrogens with zero attached hydrogens (tertiary/aromatic N) is 1. The van der Waals surface area contributed by atoms with Gasteiger partial charge in [-0.1, -0.05) is 32.7 Å². The highest BCUT2D eigenvalue weighted by Crippen LogP contribution is 1.64. The topological polar surface area (TPSA) is 162 Å². The standard InChI is InChI=1S/C3H4N2.C2H7N.2CH3NOS.CH4.H3N/c1-2-4-5-3-1;1-3-2;2*2-1(3)4;;/h1-3H,(H,4,5);3H,1-2H3;2*(H3,2,3,4);1H4;1H3. The minimum absolute atomic E-state index is 0. The van der Waals surface area contributed by atoms with Crippen molar-refractivity contribution in [1.29, 1.82) is 0 Å². The molecule has 2 amide bonds. The molecule has 0 saturated heterocycles. The molecule has 0 unspecified atom stereocenters. The van der Waals surface area contributed by atoms with Gasteiger partial charge in [0.1, 0.15) is 0 Å². The fourth-order valence-corrected chi connectivity index (χ4v) is 0.215. The molecule has 1 rings (SSSR count). The Kier molecular flexibility index (Phi) is 49.6. The second-order valence-electron chi connectivity index (χ2n) is 1.94. The Bertz CT molecular complexity index is 209. The molecule has 9 N–H and O–H groups in total. The molecule has 18 heavy (non-hydrogen) atoms. The normalized spacial score (nSPS) is 6.00. The molecule has 1 heterocycles. The summed E-state index contributed by atoms with van der Waals surface area (Å²) < 4.78 is 0. The van der Waals surface area contributed by atoms with Gasteiger partial charge in [0, 0.05) is 12.4 Å². The maximum Gasteiger partial charge on any atom is 0.273 e. The van der Waals surface area contributed by atoms with E-state index in [1.54, 1.807) is 12.4 Å². The van der Waals surface area contributed by atoms with Crippen LogP contribution in [0.3, 0.4) is 0 Å². The number of H-pyrrole nitrogens is 1. The molecule has 0 aliphatic rings. The van der Waals surface area contributed by atoms with E-state index in [2.05, 4.69) is 52.2 Å². The van der Waals surface area contributed by atoms with E-state index in [1.165, 1.54) is 0 Å². The molecule has 0 saturated carbocycles. The summed E-state index contributed by atoms with van der Waals surface area (Å²) in [6.07, 6.45) is 3.46. The third-order valence-electron chi connectivity index (χ3n) is 0.406. The van der Waals surface area contributed by atoms with Crippen LogP contribution in [0.5, 0.6) is 0 Å². The first-order chi connectivity index (χ1) is 7.38. The Labute approximate surface area is 119 Å². The van der Waals surface area contributed by atoms with Crippen LogP contribution in [0.4, 0.5) is 9.59 Å². The predicted molar refractivity (Wildman–Crippen MR) is 82.5 cm³/mol. The summed E-state index contributed by atoms with van der Waals surface area (Å²) in [6, 6.07) is 1.83. The molecule has 0 aromatic carbocycles. The molecular formula is C8H24N6O2S2. The van der Waals surface area contributed by atoms with Crippen molar-refractivity contribution in [2.75, 3.05) is 14.1 Å². The zero-order chi connectivity index (χ0) is 13.4. The third kappa shape index (κ3) is 197. The molecule has 1 aromatic heterocycles. The van der Waals surface area contributed by atoms with Crippen molar-refractivity contribution < 1.29 is 9.59 Å². The van der Waals surface area contributed by atoms with E-state index in [0.717, 1.165) is 0 Å². The second kappa shape index (κ2) is 29.7. The van der Waals surface area contributed by atoms with Gasteiger partial charge in [0.25, 0.3) is 10.5 Å². The molecular weight excluding hydrogens is 276 g/mol. The quantitative estimate of drug-likeness (QED) is 0.355. The van der Waals surface area contributed by atoms with Crippen molar-refractivity contribution in [3.05, 3.63) is 18.5 Å². The summed E-state index contributed by atoms with van der Waals surface area (Å²) >= 11 is 6.21. The highest BCUT2D eigenvalue weighted by molar-refractivity contribution is 7.96. The minimum Gasteiger partial charge on any atom is -0.361 e. The van der Waals surface area contributed by atoms with Crippen LogP contribution in [-0.4, -0.2) is 34.8 Å². The van der Waals surface area contributed by atoms with Crippen LogP contribution in [-0.2, 0) is 0 Å². The first-order valence-corrected chi connectivity index (χ1v) is 4.76. The maximum absolute atomic E-state index is 9.09. The summed E-state index contributed by atoms with van der Waals surface area (Å²) in [7, 11) is 3.75. The van der Waals surface area contributed by atoms with E-state index in [-0.39, 0.29) is 13.6 Å². The summed E-state index contributed by atoms with van der Waals surface area (Å²) in [4.78, 5) is 18.2. The van der Waals surface area contributed by atoms with E-state index in [0.29, 0.717) is 0 Å². The summed E-state index contributed by atoms with van der Waals surface area (Å²) in [5, 5.41) is 7.68. The van der Waals surface area contributed by atoms with Crippen molar-refractivity contribution in [3.63, 3.8) is 0 Å². The Hall–Kier alpha value is -1.23. The predicted octanol–water partition coefficient (Wildman–Crippen LogP) is 1.03. The Morgan fingerprint density at radius 3 is 1.56 bits per heavy atom. The molecule has 0 aliphatic heterocycles. The number of hydrogen-bond acceptors (Lipinski definition) is 5. The van der Waals surface area contributed by atoms with E-state index in [4.69, 9.17) is 9.59 Å². The van der Waals surface area contributed by atoms with Crippen LogP contribution in [0.2, 0.25) is 0 Å². The van der Waals surface area contributed by atoms with Gasteiger partial charge in [-0.3, -0.25) is 14.7 Å². The van der Waals surface area contributed by atoms with Crippen LogP contribution >= 0.6 is 25.3 Å². The van der Waals surface area contributed by atoms with Crippen molar-refractivity contribution in [2.24, 2.45) is 11.5 Å². The average Bonchev–Trinajstić information content (AvgIpc) is 2.57. The number of nitrogens with one attached hydrogen (secondary N) is 2. The van der Waals surface area contributed by atoms with Gasteiger partial charge in [0.15, 0.2) is 0 Å². The molecule has 10 heteroatoms. The van der Waals surface area contributed by atoms with Gasteiger partial charge in [-0.25, -0.2) is 0 Å². The molecule has 0 aliphatic carbocycles. The number of carbonyl (C=O) groups is 2. The first-order valence-electron chi connectivity index (χ1n) is 3.87. The lowest BCUT2D eigenvalue weighted by molar-refractivity contribution is 0.266. The van der Waals surface area contributed by atoms with Gasteiger partial charge < -0.3 is 22.9 Å². The number of rotatable bonds is 0. The lowest BCUT2D eigenvalue weighted by atomic mass is 10.8. The Balaban J connectivity index is -0.0000000410. The van der Waals surface area contributed by atoms with E-state index >= 15 is 0 Å². The zero-order valence-corrected chi connectivity index (χ0v) is 11.5. The van der Waals surface area contributed by atoms with Crippen molar-refractivity contribution in [3.8, 4) is 0 Å².